The van der Waals surface area contributed by atoms with Crippen LogP contribution in [-0.2, 0) is 4.74 Å². The first-order valence-corrected chi connectivity index (χ1v) is 7.29. The molecule has 0 aliphatic heterocycles. The zero-order chi connectivity index (χ0) is 13.6. The fourth-order valence-electron chi connectivity index (χ4n) is 3.20. The lowest BCUT2D eigenvalue weighted by atomic mass is 9.76. The van der Waals surface area contributed by atoms with Crippen LogP contribution in [0.4, 0.5) is 0 Å². The maximum absolute atomic E-state index is 6.58. The molecule has 1 aliphatic rings. The van der Waals surface area contributed by atoms with Gasteiger partial charge in [0.1, 0.15) is 0 Å². The molecule has 1 aromatic rings. The summed E-state index contributed by atoms with van der Waals surface area (Å²) in [6.45, 7) is 2.66. The van der Waals surface area contributed by atoms with Crippen LogP contribution in [0.25, 0.3) is 0 Å². The third-order valence-corrected chi connectivity index (χ3v) is 4.38. The molecular weight excluding hydrogens is 236 g/mol. The van der Waals surface area contributed by atoms with Crippen molar-refractivity contribution in [2.45, 2.75) is 31.7 Å². The maximum Gasteiger partial charge on any atom is 0.0587 e. The predicted molar refractivity (Wildman–Crippen MR) is 79.0 cm³/mol. The third-order valence-electron chi connectivity index (χ3n) is 4.38. The van der Waals surface area contributed by atoms with E-state index >= 15 is 0 Å². The fraction of sp³-hybridized carbons (Fsp3) is 0.625. The Labute approximate surface area is 116 Å². The number of nitrogens with one attached hydrogen (secondary N) is 1. The Morgan fingerprint density at radius 1 is 1.26 bits per heavy atom. The first-order valence-electron chi connectivity index (χ1n) is 7.29. The molecule has 19 heavy (non-hydrogen) atoms. The Hall–Kier alpha value is -0.900. The molecule has 0 spiro atoms. The number of rotatable bonds is 7. The van der Waals surface area contributed by atoms with E-state index < -0.39 is 0 Å². The van der Waals surface area contributed by atoms with E-state index in [1.54, 1.807) is 7.11 Å². The highest BCUT2D eigenvalue weighted by molar-refractivity contribution is 5.21. The van der Waals surface area contributed by atoms with Gasteiger partial charge in [0.05, 0.1) is 6.61 Å². The van der Waals surface area contributed by atoms with Crippen molar-refractivity contribution < 1.29 is 4.74 Å². The quantitative estimate of drug-likeness (QED) is 0.742. The number of nitrogens with two attached hydrogens (primary N) is 1. The van der Waals surface area contributed by atoms with Crippen molar-refractivity contribution in [2.24, 2.45) is 11.1 Å². The van der Waals surface area contributed by atoms with Crippen molar-refractivity contribution in [1.29, 1.82) is 0 Å². The van der Waals surface area contributed by atoms with Gasteiger partial charge in [-0.15, -0.1) is 0 Å². The second-order valence-electron chi connectivity index (χ2n) is 5.63. The van der Waals surface area contributed by atoms with E-state index in [9.17, 15) is 0 Å². The van der Waals surface area contributed by atoms with Gasteiger partial charge in [-0.05, 0) is 18.4 Å². The van der Waals surface area contributed by atoms with E-state index in [2.05, 4.69) is 29.6 Å². The molecule has 3 N–H and O–H groups in total. The van der Waals surface area contributed by atoms with Crippen LogP contribution in [0.2, 0.25) is 0 Å². The molecule has 1 fully saturated rings. The van der Waals surface area contributed by atoms with E-state index in [1.807, 2.05) is 6.07 Å². The van der Waals surface area contributed by atoms with E-state index in [-0.39, 0.29) is 11.5 Å². The summed E-state index contributed by atoms with van der Waals surface area (Å²) in [5.74, 6) is 0. The summed E-state index contributed by atoms with van der Waals surface area (Å²) in [5, 5.41) is 3.51. The van der Waals surface area contributed by atoms with Crippen LogP contribution in [0.5, 0.6) is 0 Å². The molecule has 1 saturated carbocycles. The molecule has 0 saturated heterocycles. The lowest BCUT2D eigenvalue weighted by Gasteiger charge is -2.36. The maximum atomic E-state index is 6.58. The summed E-state index contributed by atoms with van der Waals surface area (Å²) in [5.41, 5.74) is 8.06. The van der Waals surface area contributed by atoms with Gasteiger partial charge in [0.2, 0.25) is 0 Å². The standard InChI is InChI=1S/C16H26N2O/c1-19-12-11-18-13-16(9-5-6-10-16)15(17)14-7-3-2-4-8-14/h2-4,7-8,15,18H,5-6,9-13,17H2,1H3. The summed E-state index contributed by atoms with van der Waals surface area (Å²) < 4.78 is 5.09. The molecule has 2 rings (SSSR count). The SMILES string of the molecule is COCCNCC1(C(N)c2ccccc2)CCCC1. The number of ether oxygens (including phenoxy) is 1. The predicted octanol–water partition coefficient (Wildman–Crippen LogP) is 2.48. The Morgan fingerprint density at radius 2 is 1.95 bits per heavy atom. The van der Waals surface area contributed by atoms with Crippen LogP contribution < -0.4 is 11.1 Å². The zero-order valence-electron chi connectivity index (χ0n) is 11.9. The first-order chi connectivity index (χ1) is 9.28. The largest absolute Gasteiger partial charge is 0.383 e. The van der Waals surface area contributed by atoms with Crippen LogP contribution in [0, 0.1) is 5.41 Å². The lowest BCUT2D eigenvalue weighted by Crippen LogP contribution is -2.41. The Morgan fingerprint density at radius 3 is 2.58 bits per heavy atom. The summed E-state index contributed by atoms with van der Waals surface area (Å²) in [7, 11) is 1.74. The second kappa shape index (κ2) is 7.04. The van der Waals surface area contributed by atoms with Gasteiger partial charge in [-0.1, -0.05) is 43.2 Å². The highest BCUT2D eigenvalue weighted by Gasteiger charge is 2.39. The van der Waals surface area contributed by atoms with Crippen molar-refractivity contribution in [3.05, 3.63) is 35.9 Å². The van der Waals surface area contributed by atoms with Crippen LogP contribution in [0.15, 0.2) is 30.3 Å². The fourth-order valence-corrected chi connectivity index (χ4v) is 3.20. The topological polar surface area (TPSA) is 47.3 Å². The second-order valence-corrected chi connectivity index (χ2v) is 5.63. The van der Waals surface area contributed by atoms with Gasteiger partial charge in [0.25, 0.3) is 0 Å². The van der Waals surface area contributed by atoms with E-state index in [0.29, 0.717) is 0 Å². The van der Waals surface area contributed by atoms with Crippen LogP contribution in [-0.4, -0.2) is 26.8 Å². The van der Waals surface area contributed by atoms with Gasteiger partial charge in [-0.3, -0.25) is 0 Å². The first kappa shape index (κ1) is 14.5. The number of hydrogen-bond acceptors (Lipinski definition) is 3. The minimum Gasteiger partial charge on any atom is -0.383 e. The molecule has 0 radical (unpaired) electrons. The average molecular weight is 262 g/mol. The van der Waals surface area contributed by atoms with Crippen molar-refractivity contribution >= 4 is 0 Å². The van der Waals surface area contributed by atoms with Gasteiger partial charge < -0.3 is 15.8 Å². The van der Waals surface area contributed by atoms with E-state index in [1.165, 1.54) is 31.2 Å². The summed E-state index contributed by atoms with van der Waals surface area (Å²) in [6.07, 6.45) is 5.05. The van der Waals surface area contributed by atoms with Crippen molar-refractivity contribution in [2.75, 3.05) is 26.8 Å². The molecule has 3 heteroatoms. The molecule has 0 aromatic heterocycles. The van der Waals surface area contributed by atoms with Crippen LogP contribution in [0.3, 0.4) is 0 Å². The van der Waals surface area contributed by atoms with E-state index in [0.717, 1.165) is 19.7 Å². The van der Waals surface area contributed by atoms with Gasteiger partial charge in [-0.25, -0.2) is 0 Å². The molecule has 0 bridgehead atoms. The number of hydrogen-bond donors (Lipinski definition) is 2. The Bertz CT molecular complexity index is 360. The van der Waals surface area contributed by atoms with Gasteiger partial charge >= 0.3 is 0 Å². The van der Waals surface area contributed by atoms with Gasteiger partial charge in [0.15, 0.2) is 0 Å². The molecule has 0 heterocycles. The van der Waals surface area contributed by atoms with Crippen molar-refractivity contribution in [3.8, 4) is 0 Å². The molecule has 1 aliphatic carbocycles. The minimum atomic E-state index is 0.131. The smallest absolute Gasteiger partial charge is 0.0587 e. The summed E-state index contributed by atoms with van der Waals surface area (Å²) >= 11 is 0. The molecule has 1 atom stereocenters. The molecule has 106 valence electrons. The summed E-state index contributed by atoms with van der Waals surface area (Å²) in [6, 6.07) is 10.6. The molecule has 3 nitrogen and oxygen atoms in total. The average Bonchev–Trinajstić information content (AvgIpc) is 2.94. The molecule has 0 amide bonds. The van der Waals surface area contributed by atoms with Crippen molar-refractivity contribution in [3.63, 3.8) is 0 Å². The van der Waals surface area contributed by atoms with Crippen molar-refractivity contribution in [1.82, 2.24) is 5.32 Å². The third kappa shape index (κ3) is 3.56. The summed E-state index contributed by atoms with van der Waals surface area (Å²) in [4.78, 5) is 0. The highest BCUT2D eigenvalue weighted by atomic mass is 16.5. The van der Waals surface area contributed by atoms with Crippen LogP contribution >= 0.6 is 0 Å². The minimum absolute atomic E-state index is 0.131. The van der Waals surface area contributed by atoms with Crippen LogP contribution in [0.1, 0.15) is 37.3 Å². The molecule has 1 unspecified atom stereocenters. The monoisotopic (exact) mass is 262 g/mol. The van der Waals surface area contributed by atoms with Gasteiger partial charge in [-0.2, -0.15) is 0 Å². The van der Waals surface area contributed by atoms with Gasteiger partial charge in [0, 0.05) is 31.7 Å². The Kier molecular flexibility index (Phi) is 5.37. The molecule has 1 aromatic carbocycles. The lowest BCUT2D eigenvalue weighted by molar-refractivity contribution is 0.180. The zero-order valence-corrected chi connectivity index (χ0v) is 11.9. The Balaban J connectivity index is 2.02. The van der Waals surface area contributed by atoms with E-state index in [4.69, 9.17) is 10.5 Å². The number of methoxy groups -OCH3 is 1. The normalized spacial score (nSPS) is 19.5. The highest BCUT2D eigenvalue weighted by Crippen LogP contribution is 2.45. The molecular formula is C16H26N2O. The number of benzene rings is 1.